The van der Waals surface area contributed by atoms with Gasteiger partial charge in [-0.1, -0.05) is 18.5 Å². The third-order valence-corrected chi connectivity index (χ3v) is 3.18. The summed E-state index contributed by atoms with van der Waals surface area (Å²) in [5.74, 6) is 0.752. The van der Waals surface area contributed by atoms with E-state index >= 15 is 0 Å². The van der Waals surface area contributed by atoms with Gasteiger partial charge in [-0.2, -0.15) is 0 Å². The molecule has 17 heavy (non-hydrogen) atoms. The first kappa shape index (κ1) is 12.5. The van der Waals surface area contributed by atoms with Gasteiger partial charge >= 0.3 is 0 Å². The average Bonchev–Trinajstić information content (AvgIpc) is 3.07. The highest BCUT2D eigenvalue weighted by Gasteiger charge is 2.27. The molecular weight excluding hydrogens is 236 g/mol. The number of hydrogen-bond donors (Lipinski definition) is 2. The maximum atomic E-state index is 5.84. The summed E-state index contributed by atoms with van der Waals surface area (Å²) in [6.07, 6.45) is 2.69. The summed E-state index contributed by atoms with van der Waals surface area (Å²) in [7, 11) is 0. The number of nitrogens with one attached hydrogen (secondary N) is 1. The van der Waals surface area contributed by atoms with E-state index in [2.05, 4.69) is 22.1 Å². The van der Waals surface area contributed by atoms with Gasteiger partial charge < -0.3 is 11.1 Å². The lowest BCUT2D eigenvalue weighted by molar-refractivity contribution is 0.289. The van der Waals surface area contributed by atoms with Crippen molar-refractivity contribution >= 4 is 23.1 Å². The van der Waals surface area contributed by atoms with Crippen molar-refractivity contribution in [3.05, 3.63) is 17.3 Å². The smallest absolute Gasteiger partial charge is 0.133 e. The van der Waals surface area contributed by atoms with Crippen LogP contribution in [0.25, 0.3) is 0 Å². The zero-order valence-corrected chi connectivity index (χ0v) is 10.9. The van der Waals surface area contributed by atoms with Crippen LogP contribution in [0.4, 0.5) is 11.5 Å². The second kappa shape index (κ2) is 5.56. The van der Waals surface area contributed by atoms with E-state index in [0.717, 1.165) is 31.5 Å². The first-order valence-corrected chi connectivity index (χ1v) is 6.48. The van der Waals surface area contributed by atoms with Crippen LogP contribution in [-0.4, -0.2) is 35.6 Å². The molecule has 0 aromatic carbocycles. The van der Waals surface area contributed by atoms with E-state index in [-0.39, 0.29) is 0 Å². The van der Waals surface area contributed by atoms with Crippen LogP contribution in [0.1, 0.15) is 19.8 Å². The van der Waals surface area contributed by atoms with E-state index in [9.17, 15) is 0 Å². The Bertz CT molecular complexity index is 359. The van der Waals surface area contributed by atoms with E-state index in [0.29, 0.717) is 10.8 Å². The second-order valence-electron chi connectivity index (χ2n) is 4.39. The number of pyridine rings is 1. The van der Waals surface area contributed by atoms with Crippen molar-refractivity contribution in [3.63, 3.8) is 0 Å². The van der Waals surface area contributed by atoms with Crippen LogP contribution < -0.4 is 11.1 Å². The van der Waals surface area contributed by atoms with E-state index < -0.39 is 0 Å². The monoisotopic (exact) mass is 254 g/mol. The molecule has 2 rings (SSSR count). The largest absolute Gasteiger partial charge is 0.399 e. The molecule has 1 aromatic heterocycles. The minimum absolute atomic E-state index is 0.432. The minimum Gasteiger partial charge on any atom is -0.399 e. The maximum Gasteiger partial charge on any atom is 0.133 e. The van der Waals surface area contributed by atoms with Crippen molar-refractivity contribution in [2.75, 3.05) is 30.7 Å². The first-order valence-electron chi connectivity index (χ1n) is 6.10. The zero-order chi connectivity index (χ0) is 12.3. The van der Waals surface area contributed by atoms with Crippen molar-refractivity contribution in [3.8, 4) is 0 Å². The van der Waals surface area contributed by atoms with Gasteiger partial charge in [-0.15, -0.1) is 0 Å². The number of nitrogens with two attached hydrogens (primary N) is 1. The molecule has 0 spiro atoms. The Balaban J connectivity index is 1.80. The molecule has 1 aliphatic rings. The number of halogens is 1. The predicted molar refractivity (Wildman–Crippen MR) is 72.4 cm³/mol. The van der Waals surface area contributed by atoms with Gasteiger partial charge in [-0.05, 0) is 25.5 Å². The molecular formula is C12H19ClN4. The van der Waals surface area contributed by atoms with Crippen LogP contribution in [0.5, 0.6) is 0 Å². The molecule has 5 heteroatoms. The van der Waals surface area contributed by atoms with Crippen LogP contribution in [0, 0.1) is 0 Å². The first-order chi connectivity index (χ1) is 8.19. The summed E-state index contributed by atoms with van der Waals surface area (Å²) < 4.78 is 0. The fourth-order valence-corrected chi connectivity index (χ4v) is 2.19. The van der Waals surface area contributed by atoms with Crippen molar-refractivity contribution in [2.24, 2.45) is 0 Å². The summed E-state index contributed by atoms with van der Waals surface area (Å²) in [5, 5.41) is 3.69. The Morgan fingerprint density at radius 3 is 2.88 bits per heavy atom. The molecule has 1 aliphatic carbocycles. The molecule has 0 unspecified atom stereocenters. The van der Waals surface area contributed by atoms with Crippen molar-refractivity contribution in [1.82, 2.24) is 9.88 Å². The SMILES string of the molecule is CCN(CCNc1cc(N)cc(Cl)n1)C1CC1. The van der Waals surface area contributed by atoms with E-state index in [4.69, 9.17) is 17.3 Å². The highest BCUT2D eigenvalue weighted by Crippen LogP contribution is 2.26. The van der Waals surface area contributed by atoms with Crippen molar-refractivity contribution < 1.29 is 0 Å². The molecule has 1 aromatic rings. The molecule has 1 saturated carbocycles. The Morgan fingerprint density at radius 2 is 2.29 bits per heavy atom. The normalized spacial score (nSPS) is 15.2. The minimum atomic E-state index is 0.432. The summed E-state index contributed by atoms with van der Waals surface area (Å²) in [5.41, 5.74) is 6.34. The highest BCUT2D eigenvalue weighted by atomic mass is 35.5. The van der Waals surface area contributed by atoms with Crippen LogP contribution in [0.15, 0.2) is 12.1 Å². The van der Waals surface area contributed by atoms with Crippen LogP contribution >= 0.6 is 11.6 Å². The van der Waals surface area contributed by atoms with Gasteiger partial charge in [0, 0.05) is 30.9 Å². The van der Waals surface area contributed by atoms with Crippen LogP contribution in [0.3, 0.4) is 0 Å². The predicted octanol–water partition coefficient (Wildman–Crippen LogP) is 2.21. The molecule has 0 aliphatic heterocycles. The lowest BCUT2D eigenvalue weighted by Gasteiger charge is -2.19. The van der Waals surface area contributed by atoms with Crippen LogP contribution in [-0.2, 0) is 0 Å². The Kier molecular flexibility index (Phi) is 4.07. The van der Waals surface area contributed by atoms with Gasteiger partial charge in [0.15, 0.2) is 0 Å². The number of hydrogen-bond acceptors (Lipinski definition) is 4. The van der Waals surface area contributed by atoms with E-state index in [1.807, 2.05) is 0 Å². The van der Waals surface area contributed by atoms with Crippen molar-refractivity contribution in [1.29, 1.82) is 0 Å². The third kappa shape index (κ3) is 3.75. The average molecular weight is 255 g/mol. The van der Waals surface area contributed by atoms with Gasteiger partial charge in [0.05, 0.1) is 0 Å². The molecule has 0 bridgehead atoms. The zero-order valence-electron chi connectivity index (χ0n) is 10.1. The summed E-state index contributed by atoms with van der Waals surface area (Å²) in [6, 6.07) is 4.26. The number of nitrogens with zero attached hydrogens (tertiary/aromatic N) is 2. The Morgan fingerprint density at radius 1 is 1.53 bits per heavy atom. The number of nitrogen functional groups attached to an aromatic ring is 1. The van der Waals surface area contributed by atoms with Gasteiger partial charge in [0.2, 0.25) is 0 Å². The van der Waals surface area contributed by atoms with Gasteiger partial charge in [-0.3, -0.25) is 4.90 Å². The van der Waals surface area contributed by atoms with E-state index in [1.54, 1.807) is 12.1 Å². The number of likely N-dealkylation sites (N-methyl/N-ethyl adjacent to an activating group) is 1. The van der Waals surface area contributed by atoms with Gasteiger partial charge in [0.25, 0.3) is 0 Å². The standard InChI is InChI=1S/C12H19ClN4/c1-2-17(10-3-4-10)6-5-15-12-8-9(14)7-11(13)16-12/h7-8,10H,2-6H2,1H3,(H3,14,15,16). The lowest BCUT2D eigenvalue weighted by atomic mass is 10.4. The highest BCUT2D eigenvalue weighted by molar-refractivity contribution is 6.29. The topological polar surface area (TPSA) is 54.2 Å². The molecule has 1 fully saturated rings. The summed E-state index contributed by atoms with van der Waals surface area (Å²) in [6.45, 7) is 5.22. The fourth-order valence-electron chi connectivity index (χ4n) is 1.97. The molecule has 0 saturated heterocycles. The maximum absolute atomic E-state index is 5.84. The Labute approximate surface area is 107 Å². The lowest BCUT2D eigenvalue weighted by Crippen LogP contribution is -2.31. The fraction of sp³-hybridized carbons (Fsp3) is 0.583. The molecule has 3 N–H and O–H groups in total. The number of rotatable bonds is 6. The Hall–Kier alpha value is -1.00. The molecule has 0 amide bonds. The molecule has 4 nitrogen and oxygen atoms in total. The quantitative estimate of drug-likeness (QED) is 0.765. The molecule has 0 atom stereocenters. The second-order valence-corrected chi connectivity index (χ2v) is 4.78. The number of aromatic nitrogens is 1. The molecule has 0 radical (unpaired) electrons. The van der Waals surface area contributed by atoms with Gasteiger partial charge in [0.1, 0.15) is 11.0 Å². The summed E-state index contributed by atoms with van der Waals surface area (Å²) in [4.78, 5) is 6.66. The van der Waals surface area contributed by atoms with Gasteiger partial charge in [-0.25, -0.2) is 4.98 Å². The summed E-state index contributed by atoms with van der Waals surface area (Å²) >= 11 is 5.84. The molecule has 94 valence electrons. The van der Waals surface area contributed by atoms with Crippen molar-refractivity contribution in [2.45, 2.75) is 25.8 Å². The number of anilines is 2. The third-order valence-electron chi connectivity index (χ3n) is 2.99. The molecule has 1 heterocycles. The van der Waals surface area contributed by atoms with Crippen LogP contribution in [0.2, 0.25) is 5.15 Å². The van der Waals surface area contributed by atoms with E-state index in [1.165, 1.54) is 12.8 Å².